The Balaban J connectivity index is 2.25. The van der Waals surface area contributed by atoms with E-state index < -0.39 is 46.3 Å². The van der Waals surface area contributed by atoms with E-state index in [4.69, 9.17) is 4.42 Å². The molecule has 0 saturated heterocycles. The summed E-state index contributed by atoms with van der Waals surface area (Å²) >= 11 is 0. The van der Waals surface area contributed by atoms with Crippen molar-refractivity contribution in [2.45, 2.75) is 15.0 Å². The van der Waals surface area contributed by atoms with Crippen molar-refractivity contribution in [1.82, 2.24) is 4.98 Å². The molecule has 0 aliphatic carbocycles. The molecule has 136 valence electrons. The molecule has 0 radical (unpaired) electrons. The molecule has 2 aromatic carbocycles. The zero-order chi connectivity index (χ0) is 19.1. The molecule has 0 bridgehead atoms. The summed E-state index contributed by atoms with van der Waals surface area (Å²) in [5.41, 5.74) is 0.178. The molecule has 0 atom stereocenters. The summed E-state index contributed by atoms with van der Waals surface area (Å²) in [5.74, 6) is -1.68. The fraction of sp³-hybridized carbons (Fsp3) is 0.0625. The Morgan fingerprint density at radius 2 is 1.58 bits per heavy atom. The SMILES string of the molecule is CS(=O)(=O)c1oc(-c2ccc(F)cc2)nc1S(=O)(=O)c1cccc(F)c1. The van der Waals surface area contributed by atoms with Gasteiger partial charge >= 0.3 is 0 Å². The van der Waals surface area contributed by atoms with E-state index in [2.05, 4.69) is 4.98 Å². The van der Waals surface area contributed by atoms with Crippen LogP contribution in [-0.4, -0.2) is 28.1 Å². The molecule has 1 aromatic heterocycles. The zero-order valence-corrected chi connectivity index (χ0v) is 14.8. The number of rotatable bonds is 4. The largest absolute Gasteiger partial charge is 0.423 e. The van der Waals surface area contributed by atoms with Gasteiger partial charge in [0.2, 0.25) is 30.6 Å². The van der Waals surface area contributed by atoms with Crippen LogP contribution in [0.15, 0.2) is 68.0 Å². The third-order valence-electron chi connectivity index (χ3n) is 3.36. The van der Waals surface area contributed by atoms with Crippen LogP contribution in [0.2, 0.25) is 0 Å². The highest BCUT2D eigenvalue weighted by atomic mass is 32.2. The quantitative estimate of drug-likeness (QED) is 0.670. The van der Waals surface area contributed by atoms with Crippen LogP contribution in [0.1, 0.15) is 0 Å². The third kappa shape index (κ3) is 3.37. The third-order valence-corrected chi connectivity index (χ3v) is 6.10. The molecule has 10 heteroatoms. The van der Waals surface area contributed by atoms with E-state index >= 15 is 0 Å². The fourth-order valence-corrected chi connectivity index (χ4v) is 4.75. The lowest BCUT2D eigenvalue weighted by atomic mass is 10.2. The Hall–Kier alpha value is -2.59. The minimum Gasteiger partial charge on any atom is -0.423 e. The summed E-state index contributed by atoms with van der Waals surface area (Å²) < 4.78 is 81.0. The summed E-state index contributed by atoms with van der Waals surface area (Å²) in [4.78, 5) is 3.30. The van der Waals surface area contributed by atoms with E-state index in [0.717, 1.165) is 36.6 Å². The Morgan fingerprint density at radius 1 is 0.923 bits per heavy atom. The Bertz CT molecular complexity index is 1180. The standard InChI is InChI=1S/C16H11F2NO5S2/c1-25(20,21)16-15(26(22,23)13-4-2-3-12(18)9-13)19-14(24-16)10-5-7-11(17)8-6-10/h2-9H,1H3. The van der Waals surface area contributed by atoms with Crippen molar-refractivity contribution in [2.75, 3.05) is 6.26 Å². The van der Waals surface area contributed by atoms with Gasteiger partial charge in [-0.2, -0.15) is 4.98 Å². The number of oxazole rings is 1. The average Bonchev–Trinajstić information content (AvgIpc) is 3.02. The van der Waals surface area contributed by atoms with Crippen molar-refractivity contribution in [1.29, 1.82) is 0 Å². The van der Waals surface area contributed by atoms with Crippen LogP contribution in [0.25, 0.3) is 11.5 Å². The average molecular weight is 399 g/mol. The summed E-state index contributed by atoms with van der Waals surface area (Å²) in [6.45, 7) is 0. The number of nitrogens with zero attached hydrogens (tertiary/aromatic N) is 1. The maximum Gasteiger partial charge on any atom is 0.258 e. The van der Waals surface area contributed by atoms with Gasteiger partial charge in [-0.3, -0.25) is 0 Å². The van der Waals surface area contributed by atoms with E-state index in [-0.39, 0.29) is 11.5 Å². The second-order valence-corrected chi connectivity index (χ2v) is 9.13. The molecule has 3 aromatic rings. The molecule has 26 heavy (non-hydrogen) atoms. The molecule has 6 nitrogen and oxygen atoms in total. The highest BCUT2D eigenvalue weighted by molar-refractivity contribution is 7.94. The van der Waals surface area contributed by atoms with Crippen LogP contribution in [0.4, 0.5) is 8.78 Å². The van der Waals surface area contributed by atoms with Gasteiger partial charge in [-0.25, -0.2) is 25.6 Å². The normalized spacial score (nSPS) is 12.3. The van der Waals surface area contributed by atoms with E-state index in [9.17, 15) is 25.6 Å². The fourth-order valence-electron chi connectivity index (χ4n) is 2.16. The van der Waals surface area contributed by atoms with E-state index in [0.29, 0.717) is 0 Å². The van der Waals surface area contributed by atoms with Crippen molar-refractivity contribution < 1.29 is 30.0 Å². The molecule has 0 spiro atoms. The van der Waals surface area contributed by atoms with Crippen molar-refractivity contribution in [3.63, 3.8) is 0 Å². The summed E-state index contributed by atoms with van der Waals surface area (Å²) in [6, 6.07) is 8.75. The van der Waals surface area contributed by atoms with Gasteiger partial charge in [0.25, 0.3) is 5.09 Å². The van der Waals surface area contributed by atoms with Crippen molar-refractivity contribution >= 4 is 19.7 Å². The maximum atomic E-state index is 13.4. The van der Waals surface area contributed by atoms with Crippen LogP contribution in [0, 0.1) is 11.6 Å². The van der Waals surface area contributed by atoms with Crippen molar-refractivity contribution in [2.24, 2.45) is 0 Å². The second-order valence-electron chi connectivity index (χ2n) is 5.35. The number of aromatic nitrogens is 1. The minimum atomic E-state index is -4.47. The van der Waals surface area contributed by atoms with Gasteiger partial charge in [0.1, 0.15) is 11.6 Å². The number of benzene rings is 2. The number of sulfone groups is 2. The van der Waals surface area contributed by atoms with Crippen LogP contribution >= 0.6 is 0 Å². The molecule has 0 fully saturated rings. The van der Waals surface area contributed by atoms with E-state index in [1.165, 1.54) is 18.2 Å². The second kappa shape index (κ2) is 6.29. The van der Waals surface area contributed by atoms with Crippen LogP contribution in [0.3, 0.4) is 0 Å². The van der Waals surface area contributed by atoms with Gasteiger partial charge in [-0.05, 0) is 42.5 Å². The highest BCUT2D eigenvalue weighted by Crippen LogP contribution is 2.31. The van der Waals surface area contributed by atoms with Gasteiger partial charge in [-0.1, -0.05) is 6.07 Å². The van der Waals surface area contributed by atoms with E-state index in [1.54, 1.807) is 0 Å². The first-order valence-electron chi connectivity index (χ1n) is 7.06. The van der Waals surface area contributed by atoms with Gasteiger partial charge in [0, 0.05) is 11.8 Å². The molecule has 0 N–H and O–H groups in total. The molecular formula is C16H11F2NO5S2. The van der Waals surface area contributed by atoms with Gasteiger partial charge in [-0.15, -0.1) is 0 Å². The molecule has 0 aliphatic heterocycles. The van der Waals surface area contributed by atoms with Crippen LogP contribution < -0.4 is 0 Å². The molecule has 0 saturated carbocycles. The topological polar surface area (TPSA) is 94.3 Å². The molecular weight excluding hydrogens is 388 g/mol. The zero-order valence-electron chi connectivity index (χ0n) is 13.2. The summed E-state index contributed by atoms with van der Waals surface area (Å²) in [5, 5.41) is -1.73. The molecule has 0 aliphatic rings. The lowest BCUT2D eigenvalue weighted by Gasteiger charge is -2.02. The van der Waals surface area contributed by atoms with Crippen LogP contribution in [-0.2, 0) is 19.7 Å². The monoisotopic (exact) mass is 399 g/mol. The Labute approximate surface area is 148 Å². The predicted molar refractivity (Wildman–Crippen MR) is 86.9 cm³/mol. The number of hydrogen-bond donors (Lipinski definition) is 0. The predicted octanol–water partition coefficient (Wildman–Crippen LogP) is 2.86. The van der Waals surface area contributed by atoms with E-state index in [1.807, 2.05) is 0 Å². The lowest BCUT2D eigenvalue weighted by Crippen LogP contribution is -2.08. The van der Waals surface area contributed by atoms with Gasteiger partial charge in [0.05, 0.1) is 4.90 Å². The lowest BCUT2D eigenvalue weighted by molar-refractivity contribution is 0.447. The van der Waals surface area contributed by atoms with Crippen LogP contribution in [0.5, 0.6) is 0 Å². The van der Waals surface area contributed by atoms with Crippen molar-refractivity contribution in [3.05, 3.63) is 60.2 Å². The van der Waals surface area contributed by atoms with Gasteiger partial charge < -0.3 is 4.42 Å². The summed E-state index contributed by atoms with van der Waals surface area (Å²) in [6.07, 6.45) is 0.756. The smallest absolute Gasteiger partial charge is 0.258 e. The first-order chi connectivity index (χ1) is 12.1. The molecule has 1 heterocycles. The number of hydrogen-bond acceptors (Lipinski definition) is 6. The highest BCUT2D eigenvalue weighted by Gasteiger charge is 2.33. The molecule has 3 rings (SSSR count). The molecule has 0 unspecified atom stereocenters. The first-order valence-corrected chi connectivity index (χ1v) is 10.4. The molecule has 0 amide bonds. The summed E-state index contributed by atoms with van der Waals surface area (Å²) in [7, 11) is -8.57. The van der Waals surface area contributed by atoms with Gasteiger partial charge in [0.15, 0.2) is 0 Å². The van der Waals surface area contributed by atoms with Crippen molar-refractivity contribution in [3.8, 4) is 11.5 Å². The minimum absolute atomic E-state index is 0.178. The maximum absolute atomic E-state index is 13.4. The Kier molecular flexibility index (Phi) is 4.41. The Morgan fingerprint density at radius 3 is 2.15 bits per heavy atom. The number of halogens is 2. The first kappa shape index (κ1) is 18.2.